The van der Waals surface area contributed by atoms with E-state index in [9.17, 15) is 0 Å². The van der Waals surface area contributed by atoms with Crippen molar-refractivity contribution in [3.63, 3.8) is 0 Å². The summed E-state index contributed by atoms with van der Waals surface area (Å²) in [6.07, 6.45) is 2.13. The van der Waals surface area contributed by atoms with Crippen molar-refractivity contribution >= 4 is 0 Å². The van der Waals surface area contributed by atoms with E-state index in [-0.39, 0.29) is 0 Å². The van der Waals surface area contributed by atoms with Gasteiger partial charge in [-0.3, -0.25) is 0 Å². The second kappa shape index (κ2) is 6.71. The van der Waals surface area contributed by atoms with E-state index in [1.165, 1.54) is 0 Å². The predicted octanol–water partition coefficient (Wildman–Crippen LogP) is 2.05. The largest absolute Gasteiger partial charge is 0.466 e. The molecule has 0 fully saturated rings. The van der Waals surface area contributed by atoms with E-state index in [0.29, 0.717) is 5.92 Å². The average Bonchev–Trinajstić information content (AvgIpc) is 2.69. The van der Waals surface area contributed by atoms with Crippen LogP contribution in [0.4, 0.5) is 0 Å². The normalized spacial score (nSPS) is 13.3. The van der Waals surface area contributed by atoms with Crippen molar-refractivity contribution in [3.8, 4) is 0 Å². The van der Waals surface area contributed by atoms with Gasteiger partial charge >= 0.3 is 0 Å². The lowest BCUT2D eigenvalue weighted by atomic mass is 10.1. The van der Waals surface area contributed by atoms with Gasteiger partial charge in [0.2, 0.25) is 0 Å². The molecule has 0 amide bonds. The average molecular weight is 224 g/mol. The van der Waals surface area contributed by atoms with Gasteiger partial charge in [0.05, 0.1) is 0 Å². The first-order chi connectivity index (χ1) is 7.65. The molecule has 3 heteroatoms. The molecule has 0 aliphatic rings. The monoisotopic (exact) mass is 224 g/mol. The van der Waals surface area contributed by atoms with Crippen LogP contribution in [0.5, 0.6) is 0 Å². The molecule has 0 aromatic carbocycles. The number of nitrogens with two attached hydrogens (primary N) is 1. The maximum Gasteiger partial charge on any atom is 0.105 e. The Balaban J connectivity index is 2.26. The minimum atomic E-state index is 0.614. The molecule has 2 N–H and O–H groups in total. The predicted molar refractivity (Wildman–Crippen MR) is 67.5 cm³/mol. The lowest BCUT2D eigenvalue weighted by Crippen LogP contribution is -2.31. The number of hydrogen-bond acceptors (Lipinski definition) is 3. The Morgan fingerprint density at radius 3 is 2.69 bits per heavy atom. The van der Waals surface area contributed by atoms with Gasteiger partial charge < -0.3 is 15.1 Å². The summed E-state index contributed by atoms with van der Waals surface area (Å²) in [4.78, 5) is 2.33. The van der Waals surface area contributed by atoms with Crippen LogP contribution in [0.3, 0.4) is 0 Å². The van der Waals surface area contributed by atoms with Gasteiger partial charge in [0.15, 0.2) is 0 Å². The molecule has 0 aliphatic carbocycles. The van der Waals surface area contributed by atoms with Crippen LogP contribution in [0.25, 0.3) is 0 Å². The Hall–Kier alpha value is -0.800. The summed E-state index contributed by atoms with van der Waals surface area (Å²) < 4.78 is 5.54. The zero-order chi connectivity index (χ0) is 12.0. The van der Waals surface area contributed by atoms with Crippen LogP contribution in [-0.2, 0) is 6.42 Å². The Morgan fingerprint density at radius 2 is 2.19 bits per heavy atom. The second-order valence-electron chi connectivity index (χ2n) is 4.53. The van der Waals surface area contributed by atoms with Gasteiger partial charge in [0, 0.05) is 19.5 Å². The van der Waals surface area contributed by atoms with E-state index in [2.05, 4.69) is 24.9 Å². The molecule has 1 heterocycles. The molecule has 0 bridgehead atoms. The van der Waals surface area contributed by atoms with Crippen LogP contribution in [-0.4, -0.2) is 31.6 Å². The summed E-state index contributed by atoms with van der Waals surface area (Å²) in [7, 11) is 2.15. The van der Waals surface area contributed by atoms with Crippen molar-refractivity contribution in [1.29, 1.82) is 0 Å². The maximum atomic E-state index is 5.70. The third-order valence-electron chi connectivity index (χ3n) is 3.02. The van der Waals surface area contributed by atoms with E-state index in [0.717, 1.165) is 44.0 Å². The molecular formula is C13H24N2O. The number of rotatable bonds is 7. The number of hydrogen-bond donors (Lipinski definition) is 1. The fourth-order valence-electron chi connectivity index (χ4n) is 1.82. The molecule has 0 spiro atoms. The van der Waals surface area contributed by atoms with Gasteiger partial charge in [-0.2, -0.15) is 0 Å². The molecule has 16 heavy (non-hydrogen) atoms. The van der Waals surface area contributed by atoms with E-state index in [1.807, 2.05) is 13.0 Å². The molecule has 3 nitrogen and oxygen atoms in total. The maximum absolute atomic E-state index is 5.70. The molecule has 0 aliphatic heterocycles. The summed E-state index contributed by atoms with van der Waals surface area (Å²) in [6.45, 7) is 7.06. The summed E-state index contributed by atoms with van der Waals surface area (Å²) in [5.41, 5.74) is 5.70. The van der Waals surface area contributed by atoms with Crippen molar-refractivity contribution in [2.24, 2.45) is 11.7 Å². The van der Waals surface area contributed by atoms with Gasteiger partial charge in [-0.25, -0.2) is 0 Å². The molecule has 0 radical (unpaired) electrons. The highest BCUT2D eigenvalue weighted by Crippen LogP contribution is 2.08. The highest BCUT2D eigenvalue weighted by atomic mass is 16.3. The second-order valence-corrected chi connectivity index (χ2v) is 4.53. The Bertz CT molecular complexity index is 292. The fraction of sp³-hybridized carbons (Fsp3) is 0.692. The van der Waals surface area contributed by atoms with Gasteiger partial charge in [-0.1, -0.05) is 13.3 Å². The molecule has 0 saturated heterocycles. The summed E-state index contributed by atoms with van der Waals surface area (Å²) in [6, 6.07) is 4.08. The Morgan fingerprint density at radius 1 is 1.44 bits per heavy atom. The first-order valence-electron chi connectivity index (χ1n) is 6.09. The van der Waals surface area contributed by atoms with Crippen molar-refractivity contribution in [1.82, 2.24) is 4.90 Å². The van der Waals surface area contributed by atoms with Crippen LogP contribution < -0.4 is 5.73 Å². The fourth-order valence-corrected chi connectivity index (χ4v) is 1.82. The lowest BCUT2D eigenvalue weighted by Gasteiger charge is -2.21. The SMILES string of the molecule is CCC(CN)CN(C)CCc1ccc(C)o1. The minimum Gasteiger partial charge on any atom is -0.466 e. The molecule has 92 valence electrons. The van der Waals surface area contributed by atoms with Gasteiger partial charge in [0.25, 0.3) is 0 Å². The number of nitrogens with zero attached hydrogens (tertiary/aromatic N) is 1. The molecular weight excluding hydrogens is 200 g/mol. The van der Waals surface area contributed by atoms with Crippen molar-refractivity contribution < 1.29 is 4.42 Å². The first kappa shape index (κ1) is 13.3. The van der Waals surface area contributed by atoms with Crippen molar-refractivity contribution in [2.45, 2.75) is 26.7 Å². The highest BCUT2D eigenvalue weighted by Gasteiger charge is 2.08. The van der Waals surface area contributed by atoms with Gasteiger partial charge in [-0.15, -0.1) is 0 Å². The van der Waals surface area contributed by atoms with Crippen LogP contribution in [0.1, 0.15) is 24.9 Å². The number of aryl methyl sites for hydroxylation is 1. The van der Waals surface area contributed by atoms with Gasteiger partial charge in [0.1, 0.15) is 11.5 Å². The minimum absolute atomic E-state index is 0.614. The third-order valence-corrected chi connectivity index (χ3v) is 3.02. The highest BCUT2D eigenvalue weighted by molar-refractivity contribution is 5.05. The van der Waals surface area contributed by atoms with Gasteiger partial charge in [-0.05, 0) is 38.6 Å². The molecule has 0 saturated carbocycles. The van der Waals surface area contributed by atoms with Crippen LogP contribution in [0.15, 0.2) is 16.5 Å². The van der Waals surface area contributed by atoms with Crippen molar-refractivity contribution in [2.75, 3.05) is 26.7 Å². The topological polar surface area (TPSA) is 42.4 Å². The lowest BCUT2D eigenvalue weighted by molar-refractivity contribution is 0.271. The summed E-state index contributed by atoms with van der Waals surface area (Å²) in [5.74, 6) is 2.68. The number of likely N-dealkylation sites (N-methyl/N-ethyl adjacent to an activating group) is 1. The van der Waals surface area contributed by atoms with E-state index < -0.39 is 0 Å². The zero-order valence-corrected chi connectivity index (χ0v) is 10.7. The summed E-state index contributed by atoms with van der Waals surface area (Å²) in [5, 5.41) is 0. The first-order valence-corrected chi connectivity index (χ1v) is 6.09. The Kier molecular flexibility index (Phi) is 5.56. The molecule has 1 atom stereocenters. The third kappa shape index (κ3) is 4.37. The van der Waals surface area contributed by atoms with E-state index >= 15 is 0 Å². The smallest absolute Gasteiger partial charge is 0.105 e. The standard InChI is InChI=1S/C13H24N2O/c1-4-12(9-14)10-15(3)8-7-13-6-5-11(2)16-13/h5-6,12H,4,7-10,14H2,1-3H3. The quantitative estimate of drug-likeness (QED) is 0.770. The molecule has 1 rings (SSSR count). The van der Waals surface area contributed by atoms with E-state index in [4.69, 9.17) is 10.2 Å². The number of furan rings is 1. The summed E-state index contributed by atoms with van der Waals surface area (Å²) >= 11 is 0. The van der Waals surface area contributed by atoms with Crippen molar-refractivity contribution in [3.05, 3.63) is 23.7 Å². The Labute approximate surface area is 98.6 Å². The van der Waals surface area contributed by atoms with Crippen LogP contribution in [0.2, 0.25) is 0 Å². The van der Waals surface area contributed by atoms with Crippen LogP contribution in [0, 0.1) is 12.8 Å². The molecule has 1 unspecified atom stereocenters. The zero-order valence-electron chi connectivity index (χ0n) is 10.7. The molecule has 1 aromatic rings. The van der Waals surface area contributed by atoms with Crippen LogP contribution >= 0.6 is 0 Å². The van der Waals surface area contributed by atoms with E-state index in [1.54, 1.807) is 0 Å². The molecule has 1 aromatic heterocycles.